The molecular weight excluding hydrogens is 413 g/mol. The number of anilines is 1. The van der Waals surface area contributed by atoms with Gasteiger partial charge in [-0.1, -0.05) is 0 Å². The van der Waals surface area contributed by atoms with E-state index in [-0.39, 0.29) is 30.2 Å². The molecule has 2 aliphatic rings. The Balaban J connectivity index is 1.64. The molecule has 0 unspecified atom stereocenters. The van der Waals surface area contributed by atoms with E-state index >= 15 is 0 Å². The lowest BCUT2D eigenvalue weighted by Gasteiger charge is -2.31. The van der Waals surface area contributed by atoms with Crippen LogP contribution in [0.15, 0.2) is 12.4 Å². The molecule has 170 valence electrons. The fourth-order valence-corrected chi connectivity index (χ4v) is 4.28. The number of hydrogen-bond donors (Lipinski definition) is 3. The van der Waals surface area contributed by atoms with E-state index in [1.165, 1.54) is 13.1 Å². The van der Waals surface area contributed by atoms with Gasteiger partial charge < -0.3 is 20.3 Å². The highest BCUT2D eigenvalue weighted by molar-refractivity contribution is 5.86. The van der Waals surface area contributed by atoms with E-state index in [0.717, 1.165) is 18.4 Å². The van der Waals surface area contributed by atoms with E-state index in [4.69, 9.17) is 4.74 Å². The van der Waals surface area contributed by atoms with Gasteiger partial charge in [0.05, 0.1) is 29.5 Å². The summed E-state index contributed by atoms with van der Waals surface area (Å²) in [5, 5.41) is 22.7. The number of nitrogens with zero attached hydrogens (tertiary/aromatic N) is 3. The number of nitrogens with one attached hydrogen (secondary N) is 1. The minimum absolute atomic E-state index is 0.123. The maximum absolute atomic E-state index is 12.7. The van der Waals surface area contributed by atoms with Gasteiger partial charge in [-0.3, -0.25) is 0 Å². The molecule has 0 aromatic carbocycles. The Morgan fingerprint density at radius 2 is 1.81 bits per heavy atom. The van der Waals surface area contributed by atoms with Crippen LogP contribution in [0.4, 0.5) is 19.1 Å². The van der Waals surface area contributed by atoms with Gasteiger partial charge >= 0.3 is 6.18 Å². The van der Waals surface area contributed by atoms with Crippen molar-refractivity contribution in [2.45, 2.75) is 88.3 Å². The SMILES string of the molecule is C[C@H](CC(F)(F)F)Nc1ncc2c(OC3CC(O)C3)ncc(C3CCC(O)CC3)c2n1. The molecule has 0 saturated heterocycles. The lowest BCUT2D eigenvalue weighted by Crippen LogP contribution is -2.37. The molecule has 4 rings (SSSR count). The lowest BCUT2D eigenvalue weighted by molar-refractivity contribution is -0.136. The van der Waals surface area contributed by atoms with Gasteiger partial charge in [-0.05, 0) is 38.5 Å². The van der Waals surface area contributed by atoms with E-state index in [1.54, 1.807) is 6.20 Å². The summed E-state index contributed by atoms with van der Waals surface area (Å²) >= 11 is 0. The largest absolute Gasteiger partial charge is 0.474 e. The first-order chi connectivity index (χ1) is 14.7. The first-order valence-corrected chi connectivity index (χ1v) is 10.7. The number of aliphatic hydroxyl groups excluding tert-OH is 2. The maximum Gasteiger partial charge on any atom is 0.391 e. The summed E-state index contributed by atoms with van der Waals surface area (Å²) in [5.74, 6) is 0.632. The van der Waals surface area contributed by atoms with Crippen molar-refractivity contribution in [1.82, 2.24) is 15.0 Å². The molecule has 1 atom stereocenters. The number of ether oxygens (including phenoxy) is 1. The third kappa shape index (κ3) is 5.35. The lowest BCUT2D eigenvalue weighted by atomic mass is 9.83. The number of aromatic nitrogens is 3. The minimum atomic E-state index is -4.28. The molecule has 10 heteroatoms. The smallest absolute Gasteiger partial charge is 0.391 e. The van der Waals surface area contributed by atoms with Crippen molar-refractivity contribution in [3.8, 4) is 5.88 Å². The molecule has 0 radical (unpaired) electrons. The van der Waals surface area contributed by atoms with Gasteiger partial charge in [-0.2, -0.15) is 13.2 Å². The Bertz CT molecular complexity index is 913. The Kier molecular flexibility index (Phi) is 6.20. The Labute approximate surface area is 178 Å². The van der Waals surface area contributed by atoms with E-state index in [1.807, 2.05) is 0 Å². The molecule has 0 amide bonds. The van der Waals surface area contributed by atoms with E-state index < -0.39 is 18.6 Å². The first kappa shape index (κ1) is 22.0. The Morgan fingerprint density at radius 1 is 1.10 bits per heavy atom. The summed E-state index contributed by atoms with van der Waals surface area (Å²) in [5.41, 5.74) is 1.49. The molecule has 7 nitrogen and oxygen atoms in total. The summed E-state index contributed by atoms with van der Waals surface area (Å²) in [4.78, 5) is 13.2. The molecule has 0 spiro atoms. The van der Waals surface area contributed by atoms with E-state index in [9.17, 15) is 23.4 Å². The summed E-state index contributed by atoms with van der Waals surface area (Å²) in [6.07, 6.45) is 1.15. The van der Waals surface area contributed by atoms with Crippen LogP contribution in [0, 0.1) is 0 Å². The molecule has 2 saturated carbocycles. The second-order valence-corrected chi connectivity index (χ2v) is 8.71. The topological polar surface area (TPSA) is 100 Å². The summed E-state index contributed by atoms with van der Waals surface area (Å²) in [7, 11) is 0. The Hall–Kier alpha value is -2.20. The standard InChI is InChI=1S/C21H27F3N4O3/c1-11(8-21(22,23)24)27-20-26-10-17-18(28-20)16(12-2-4-13(29)5-3-12)9-25-19(17)31-15-6-14(30)7-15/h9-15,29-30H,2-8H2,1H3,(H,26,27,28)/t11-,12?,13?,14?,15?/m1/s1. The van der Waals surface area contributed by atoms with Gasteiger partial charge in [0.15, 0.2) is 0 Å². The molecule has 2 heterocycles. The zero-order valence-corrected chi connectivity index (χ0v) is 17.3. The number of alkyl halides is 3. The van der Waals surface area contributed by atoms with Crippen molar-refractivity contribution < 1.29 is 28.1 Å². The predicted octanol–water partition coefficient (Wildman–Crippen LogP) is 3.70. The van der Waals surface area contributed by atoms with Crippen molar-refractivity contribution in [1.29, 1.82) is 0 Å². The van der Waals surface area contributed by atoms with Crippen LogP contribution in [0.1, 0.15) is 63.4 Å². The van der Waals surface area contributed by atoms with Crippen LogP contribution >= 0.6 is 0 Å². The summed E-state index contributed by atoms with van der Waals surface area (Å²) in [6.45, 7) is 1.44. The van der Waals surface area contributed by atoms with Gasteiger partial charge in [-0.25, -0.2) is 15.0 Å². The summed E-state index contributed by atoms with van der Waals surface area (Å²) in [6, 6.07) is -0.875. The van der Waals surface area contributed by atoms with Gasteiger partial charge in [0.1, 0.15) is 6.10 Å². The van der Waals surface area contributed by atoms with Crippen molar-refractivity contribution in [2.75, 3.05) is 5.32 Å². The van der Waals surface area contributed by atoms with Crippen LogP contribution in [-0.4, -0.2) is 55.7 Å². The zero-order chi connectivity index (χ0) is 22.2. The molecule has 2 aromatic rings. The number of halogens is 3. The third-order valence-electron chi connectivity index (χ3n) is 6.01. The van der Waals surface area contributed by atoms with Crippen molar-refractivity contribution in [2.24, 2.45) is 0 Å². The van der Waals surface area contributed by atoms with Gasteiger partial charge in [-0.15, -0.1) is 0 Å². The monoisotopic (exact) mass is 440 g/mol. The molecule has 0 bridgehead atoms. The fraction of sp³-hybridized carbons (Fsp3) is 0.667. The number of hydrogen-bond acceptors (Lipinski definition) is 7. The molecule has 3 N–H and O–H groups in total. The second kappa shape index (κ2) is 8.74. The quantitative estimate of drug-likeness (QED) is 0.630. The summed E-state index contributed by atoms with van der Waals surface area (Å²) < 4.78 is 44.0. The fourth-order valence-electron chi connectivity index (χ4n) is 4.28. The molecule has 0 aliphatic heterocycles. The van der Waals surface area contributed by atoms with Crippen LogP contribution in [0.5, 0.6) is 5.88 Å². The number of fused-ring (bicyclic) bond motifs is 1. The van der Waals surface area contributed by atoms with Crippen LogP contribution in [0.2, 0.25) is 0 Å². The minimum Gasteiger partial charge on any atom is -0.474 e. The third-order valence-corrected chi connectivity index (χ3v) is 6.01. The molecular formula is C21H27F3N4O3. The highest BCUT2D eigenvalue weighted by Gasteiger charge is 2.32. The zero-order valence-electron chi connectivity index (χ0n) is 17.3. The van der Waals surface area contributed by atoms with Crippen molar-refractivity contribution in [3.05, 3.63) is 18.0 Å². The van der Waals surface area contributed by atoms with Crippen LogP contribution in [0.25, 0.3) is 10.9 Å². The highest BCUT2D eigenvalue weighted by Crippen LogP contribution is 2.38. The number of rotatable bonds is 6. The number of pyridine rings is 1. The average Bonchev–Trinajstić information content (AvgIpc) is 2.66. The predicted molar refractivity (Wildman–Crippen MR) is 108 cm³/mol. The molecule has 2 fully saturated rings. The van der Waals surface area contributed by atoms with E-state index in [0.29, 0.717) is 42.5 Å². The molecule has 31 heavy (non-hydrogen) atoms. The second-order valence-electron chi connectivity index (χ2n) is 8.71. The van der Waals surface area contributed by atoms with Crippen molar-refractivity contribution in [3.63, 3.8) is 0 Å². The maximum atomic E-state index is 12.7. The average molecular weight is 440 g/mol. The van der Waals surface area contributed by atoms with Crippen LogP contribution < -0.4 is 10.1 Å². The van der Waals surface area contributed by atoms with E-state index in [2.05, 4.69) is 20.3 Å². The van der Waals surface area contributed by atoms with Gasteiger partial charge in [0.2, 0.25) is 11.8 Å². The molecule has 2 aliphatic carbocycles. The van der Waals surface area contributed by atoms with Crippen molar-refractivity contribution >= 4 is 16.9 Å². The van der Waals surface area contributed by atoms with Gasteiger partial charge in [0.25, 0.3) is 0 Å². The normalized spacial score (nSPS) is 27.5. The first-order valence-electron chi connectivity index (χ1n) is 10.7. The molecule has 2 aromatic heterocycles. The highest BCUT2D eigenvalue weighted by atomic mass is 19.4. The van der Waals surface area contributed by atoms with Gasteiger partial charge in [0, 0.05) is 36.8 Å². The Morgan fingerprint density at radius 3 is 2.45 bits per heavy atom. The van der Waals surface area contributed by atoms with Crippen LogP contribution in [-0.2, 0) is 0 Å². The number of aliphatic hydroxyl groups is 2. The van der Waals surface area contributed by atoms with Crippen LogP contribution in [0.3, 0.4) is 0 Å².